The first-order valence-corrected chi connectivity index (χ1v) is 8.50. The summed E-state index contributed by atoms with van der Waals surface area (Å²) in [5.74, 6) is 1.08. The van der Waals surface area contributed by atoms with Crippen LogP contribution in [0.25, 0.3) is 0 Å². The van der Waals surface area contributed by atoms with Crippen molar-refractivity contribution in [1.82, 2.24) is 0 Å². The Hall–Kier alpha value is -1.31. The van der Waals surface area contributed by atoms with Gasteiger partial charge in [-0.05, 0) is 58.8 Å². The normalized spacial score (nSPS) is 22.3. The van der Waals surface area contributed by atoms with E-state index >= 15 is 0 Å². The van der Waals surface area contributed by atoms with Gasteiger partial charge in [0.05, 0.1) is 6.61 Å². The summed E-state index contributed by atoms with van der Waals surface area (Å²) in [5.41, 5.74) is 2.88. The van der Waals surface area contributed by atoms with Gasteiger partial charge in [-0.15, -0.1) is 0 Å². The number of ketones is 1. The summed E-state index contributed by atoms with van der Waals surface area (Å²) in [7, 11) is 0. The standard InChI is InChI=1S/C20H32O2/c1-6-22-19-13-18(21)14-20(5,15-19)12-8-11-17(4)10-7-9-16(2)3/h9,11,13H,6-8,10,12,14-15H2,1-5H3/b17-11+. The minimum absolute atomic E-state index is 0.0486. The predicted molar refractivity (Wildman–Crippen MR) is 93.7 cm³/mol. The molecular weight excluding hydrogens is 272 g/mol. The van der Waals surface area contributed by atoms with Gasteiger partial charge in [0, 0.05) is 18.9 Å². The van der Waals surface area contributed by atoms with Crippen molar-refractivity contribution in [2.24, 2.45) is 5.41 Å². The topological polar surface area (TPSA) is 26.3 Å². The van der Waals surface area contributed by atoms with Crippen LogP contribution in [0.2, 0.25) is 0 Å². The molecule has 0 aromatic rings. The quantitative estimate of drug-likeness (QED) is 0.534. The average molecular weight is 304 g/mol. The van der Waals surface area contributed by atoms with Crippen molar-refractivity contribution in [2.45, 2.75) is 73.1 Å². The van der Waals surface area contributed by atoms with Crippen LogP contribution in [0.3, 0.4) is 0 Å². The van der Waals surface area contributed by atoms with Crippen molar-refractivity contribution < 1.29 is 9.53 Å². The highest BCUT2D eigenvalue weighted by atomic mass is 16.5. The number of carbonyl (C=O) groups excluding carboxylic acids is 1. The Bertz CT molecular complexity index is 464. The smallest absolute Gasteiger partial charge is 0.159 e. The number of carbonyl (C=O) groups is 1. The summed E-state index contributed by atoms with van der Waals surface area (Å²) >= 11 is 0. The maximum atomic E-state index is 11.9. The van der Waals surface area contributed by atoms with Crippen molar-refractivity contribution in [3.05, 3.63) is 35.1 Å². The van der Waals surface area contributed by atoms with Gasteiger partial charge in [0.15, 0.2) is 5.78 Å². The Morgan fingerprint density at radius 3 is 2.59 bits per heavy atom. The second kappa shape index (κ2) is 8.97. The third-order valence-corrected chi connectivity index (χ3v) is 4.19. The summed E-state index contributed by atoms with van der Waals surface area (Å²) < 4.78 is 5.57. The summed E-state index contributed by atoms with van der Waals surface area (Å²) in [4.78, 5) is 11.9. The van der Waals surface area contributed by atoms with E-state index in [1.807, 2.05) is 6.92 Å². The van der Waals surface area contributed by atoms with Gasteiger partial charge in [-0.3, -0.25) is 4.79 Å². The molecule has 0 bridgehead atoms. The molecule has 1 aliphatic carbocycles. The van der Waals surface area contributed by atoms with E-state index in [2.05, 4.69) is 39.8 Å². The molecule has 2 nitrogen and oxygen atoms in total. The van der Waals surface area contributed by atoms with Crippen molar-refractivity contribution in [1.29, 1.82) is 0 Å². The molecular formula is C20H32O2. The maximum Gasteiger partial charge on any atom is 0.159 e. The molecule has 0 aliphatic heterocycles. The SMILES string of the molecule is CCOC1=CC(=O)CC(C)(CC/C=C(\C)CCC=C(C)C)C1. The van der Waals surface area contributed by atoms with Crippen LogP contribution in [0.4, 0.5) is 0 Å². The number of allylic oxidation sites excluding steroid dienone is 6. The molecule has 1 aliphatic rings. The van der Waals surface area contributed by atoms with E-state index in [-0.39, 0.29) is 11.2 Å². The third kappa shape index (κ3) is 7.11. The number of hydrogen-bond acceptors (Lipinski definition) is 2. The molecule has 1 atom stereocenters. The van der Waals surface area contributed by atoms with Crippen molar-refractivity contribution >= 4 is 5.78 Å². The zero-order chi connectivity index (χ0) is 16.6. The van der Waals surface area contributed by atoms with Gasteiger partial charge >= 0.3 is 0 Å². The lowest BCUT2D eigenvalue weighted by Crippen LogP contribution is -2.26. The highest BCUT2D eigenvalue weighted by Gasteiger charge is 2.32. The number of hydrogen-bond donors (Lipinski definition) is 0. The van der Waals surface area contributed by atoms with Crippen LogP contribution in [0.15, 0.2) is 35.1 Å². The van der Waals surface area contributed by atoms with Crippen LogP contribution < -0.4 is 0 Å². The van der Waals surface area contributed by atoms with Crippen molar-refractivity contribution in [3.8, 4) is 0 Å². The molecule has 0 saturated heterocycles. The van der Waals surface area contributed by atoms with Crippen molar-refractivity contribution in [2.75, 3.05) is 6.61 Å². The molecule has 0 saturated carbocycles. The Kier molecular flexibility index (Phi) is 7.64. The summed E-state index contributed by atoms with van der Waals surface area (Å²) in [5, 5.41) is 0. The molecule has 0 aromatic heterocycles. The number of rotatable bonds is 8. The fourth-order valence-corrected chi connectivity index (χ4v) is 3.00. The lowest BCUT2D eigenvalue weighted by Gasteiger charge is -2.32. The molecule has 0 spiro atoms. The van der Waals surface area contributed by atoms with Gasteiger partial charge < -0.3 is 4.74 Å². The Morgan fingerprint density at radius 2 is 1.95 bits per heavy atom. The fourth-order valence-electron chi connectivity index (χ4n) is 3.00. The van der Waals surface area contributed by atoms with Crippen molar-refractivity contribution in [3.63, 3.8) is 0 Å². The van der Waals surface area contributed by atoms with E-state index in [4.69, 9.17) is 4.74 Å². The van der Waals surface area contributed by atoms with Gasteiger partial charge in [-0.25, -0.2) is 0 Å². The third-order valence-electron chi connectivity index (χ3n) is 4.19. The molecule has 0 fully saturated rings. The van der Waals surface area contributed by atoms with Gasteiger partial charge in [-0.2, -0.15) is 0 Å². The maximum absolute atomic E-state index is 11.9. The highest BCUT2D eigenvalue weighted by molar-refractivity contribution is 5.91. The van der Waals surface area contributed by atoms with Gasteiger partial charge in [0.25, 0.3) is 0 Å². The van der Waals surface area contributed by atoms with E-state index in [9.17, 15) is 4.79 Å². The Morgan fingerprint density at radius 1 is 1.23 bits per heavy atom. The summed E-state index contributed by atoms with van der Waals surface area (Å²) in [6.45, 7) is 11.3. The van der Waals surface area contributed by atoms with Crippen LogP contribution in [0.1, 0.15) is 73.1 Å². The molecule has 0 N–H and O–H groups in total. The molecule has 0 heterocycles. The lowest BCUT2D eigenvalue weighted by atomic mass is 9.74. The largest absolute Gasteiger partial charge is 0.498 e. The number of ether oxygens (including phenoxy) is 1. The van der Waals surface area contributed by atoms with E-state index in [1.165, 1.54) is 11.1 Å². The predicted octanol–water partition coefficient (Wildman–Crippen LogP) is 5.75. The van der Waals surface area contributed by atoms with E-state index in [0.29, 0.717) is 13.0 Å². The molecule has 22 heavy (non-hydrogen) atoms. The van der Waals surface area contributed by atoms with Gasteiger partial charge in [-0.1, -0.05) is 30.2 Å². The zero-order valence-corrected chi connectivity index (χ0v) is 15.0. The second-order valence-corrected chi connectivity index (χ2v) is 7.08. The first-order chi connectivity index (χ1) is 10.3. The first-order valence-electron chi connectivity index (χ1n) is 8.50. The summed E-state index contributed by atoms with van der Waals surface area (Å²) in [6, 6.07) is 0. The Labute approximate surface area is 136 Å². The Balaban J connectivity index is 2.47. The molecule has 0 aromatic carbocycles. The zero-order valence-electron chi connectivity index (χ0n) is 15.0. The minimum Gasteiger partial charge on any atom is -0.498 e. The van der Waals surface area contributed by atoms with Crippen LogP contribution in [0, 0.1) is 5.41 Å². The molecule has 1 rings (SSSR count). The summed E-state index contributed by atoms with van der Waals surface area (Å²) in [6.07, 6.45) is 12.2. The van der Waals surface area contributed by atoms with E-state index in [1.54, 1.807) is 6.08 Å². The minimum atomic E-state index is 0.0486. The average Bonchev–Trinajstić information content (AvgIpc) is 2.37. The van der Waals surface area contributed by atoms with Crippen LogP contribution in [-0.4, -0.2) is 12.4 Å². The van der Waals surface area contributed by atoms with Gasteiger partial charge in [0.1, 0.15) is 5.76 Å². The second-order valence-electron chi connectivity index (χ2n) is 7.08. The monoisotopic (exact) mass is 304 g/mol. The van der Waals surface area contributed by atoms with Crippen LogP contribution in [-0.2, 0) is 9.53 Å². The molecule has 0 radical (unpaired) electrons. The van der Waals surface area contributed by atoms with Crippen LogP contribution in [0.5, 0.6) is 0 Å². The van der Waals surface area contributed by atoms with E-state index in [0.717, 1.165) is 37.9 Å². The lowest BCUT2D eigenvalue weighted by molar-refractivity contribution is -0.117. The fraction of sp³-hybridized carbons (Fsp3) is 0.650. The van der Waals surface area contributed by atoms with Gasteiger partial charge in [0.2, 0.25) is 0 Å². The van der Waals surface area contributed by atoms with E-state index < -0.39 is 0 Å². The molecule has 2 heteroatoms. The molecule has 124 valence electrons. The molecule has 1 unspecified atom stereocenters. The first kappa shape index (κ1) is 18.7. The molecule has 0 amide bonds. The highest BCUT2D eigenvalue weighted by Crippen LogP contribution is 2.39. The van der Waals surface area contributed by atoms with Crippen LogP contribution >= 0.6 is 0 Å².